The van der Waals surface area contributed by atoms with Gasteiger partial charge in [0.2, 0.25) is 34.2 Å². The summed E-state index contributed by atoms with van der Waals surface area (Å²) in [7, 11) is 12.1. The van der Waals surface area contributed by atoms with Gasteiger partial charge in [-0.1, -0.05) is 171 Å². The Morgan fingerprint density at radius 2 is 0.727 bits per heavy atom. The zero-order valence-electron chi connectivity index (χ0n) is 72.4. The molecule has 0 saturated heterocycles. The van der Waals surface area contributed by atoms with Gasteiger partial charge in [0.1, 0.15) is 42.3 Å². The Bertz CT molecular complexity index is 5050. The molecule has 99 heavy (non-hydrogen) atoms. The summed E-state index contributed by atoms with van der Waals surface area (Å²) in [6, 6.07) is 74.0. The Kier molecular flexibility index (Phi) is 23.6. The summed E-state index contributed by atoms with van der Waals surface area (Å²) in [6.45, 7) is 21.3. The molecule has 6 heterocycles. The quantitative estimate of drug-likeness (QED) is 0.109. The van der Waals surface area contributed by atoms with Crippen molar-refractivity contribution in [1.29, 1.82) is 0 Å². The predicted molar refractivity (Wildman–Crippen MR) is 417 cm³/mol. The molecular formula is C93H114N6+6. The normalized spacial score (nSPS) is 13.7. The molecule has 0 fully saturated rings. The lowest BCUT2D eigenvalue weighted by Crippen LogP contribution is -2.32. The van der Waals surface area contributed by atoms with E-state index in [1.165, 1.54) is 92.1 Å². The van der Waals surface area contributed by atoms with Gasteiger partial charge in [0, 0.05) is 118 Å². The Morgan fingerprint density at radius 3 is 1.15 bits per heavy atom. The SMILES string of the molecule is CCc1cc[n+](C)c(-c2ccccc2C)c1.CCc1ccc[n+](C)c1-c1ccccc1C.Cc1ccccc1-c1c(C(C)C)ccc[n+]1C.[2H]C([2H])(C)c1ccc(-c2ccccc2C)[n+](C)c1.[2H]C([2H])([2H])C([2H])(C)c1cc[n+](C)c(-c2ccccc2C)c1.[2H]C([2H])([2H])C([2H])(C)c1ccc(-c2ccccc2C)[n+](C)c1. The summed E-state index contributed by atoms with van der Waals surface area (Å²) in [5, 5.41) is 0. The van der Waals surface area contributed by atoms with Crippen LogP contribution in [0.3, 0.4) is 0 Å². The monoisotopic (exact) mass is 1320 g/mol. The summed E-state index contributed by atoms with van der Waals surface area (Å²) < 4.78 is 89.6. The molecule has 6 heteroatoms. The molecular weight excluding hydrogens is 1200 g/mol. The molecule has 0 saturated carbocycles. The summed E-state index contributed by atoms with van der Waals surface area (Å²) in [5.41, 5.74) is 27.6. The highest BCUT2D eigenvalue weighted by Crippen LogP contribution is 2.30. The smallest absolute Gasteiger partial charge is 0.201 e. The van der Waals surface area contributed by atoms with E-state index >= 15 is 0 Å². The number of hydrogen-bond donors (Lipinski definition) is 0. The lowest BCUT2D eigenvalue weighted by atomic mass is 9.94. The third-order valence-electron chi connectivity index (χ3n) is 18.2. The molecule has 0 amide bonds. The highest BCUT2D eigenvalue weighted by atomic mass is 14.9. The highest BCUT2D eigenvalue weighted by Gasteiger charge is 2.21. The molecule has 12 rings (SSSR count). The Hall–Kier alpha value is -9.78. The van der Waals surface area contributed by atoms with Crippen molar-refractivity contribution < 1.29 is 41.1 Å². The van der Waals surface area contributed by atoms with Crippen LogP contribution in [0.5, 0.6) is 0 Å². The maximum absolute atomic E-state index is 8.23. The van der Waals surface area contributed by atoms with Crippen LogP contribution >= 0.6 is 0 Å². The Morgan fingerprint density at radius 1 is 0.333 bits per heavy atom. The molecule has 6 aromatic carbocycles. The molecule has 2 unspecified atom stereocenters. The maximum Gasteiger partial charge on any atom is 0.215 e. The molecule has 0 aliphatic rings. The topological polar surface area (TPSA) is 23.3 Å². The van der Waals surface area contributed by atoms with Gasteiger partial charge in [0.25, 0.3) is 0 Å². The van der Waals surface area contributed by atoms with E-state index in [0.717, 1.165) is 52.2 Å². The fraction of sp³-hybridized carbons (Fsp3) is 0.290. The van der Waals surface area contributed by atoms with Crippen molar-refractivity contribution >= 4 is 0 Å². The fourth-order valence-corrected chi connectivity index (χ4v) is 12.2. The molecule has 0 spiro atoms. The first-order chi connectivity index (χ1) is 51.2. The van der Waals surface area contributed by atoms with E-state index in [0.29, 0.717) is 22.6 Å². The van der Waals surface area contributed by atoms with Crippen molar-refractivity contribution in [1.82, 2.24) is 0 Å². The molecule has 510 valence electrons. The van der Waals surface area contributed by atoms with Gasteiger partial charge in [-0.25, -0.2) is 27.4 Å². The van der Waals surface area contributed by atoms with Crippen LogP contribution < -0.4 is 27.4 Å². The lowest BCUT2D eigenvalue weighted by Gasteiger charge is -2.11. The predicted octanol–water partition coefficient (Wildman–Crippen LogP) is 20.0. The fourth-order valence-electron chi connectivity index (χ4n) is 12.2. The van der Waals surface area contributed by atoms with Crippen LogP contribution in [0.1, 0.15) is 160 Å². The summed E-state index contributed by atoms with van der Waals surface area (Å²) in [6.07, 6.45) is 12.6. The van der Waals surface area contributed by atoms with E-state index < -0.39 is 31.9 Å². The first-order valence-corrected chi connectivity index (χ1v) is 34.6. The minimum absolute atomic E-state index is 0.488. The van der Waals surface area contributed by atoms with E-state index in [9.17, 15) is 0 Å². The zero-order valence-corrected chi connectivity index (χ0v) is 62.4. The molecule has 0 N–H and O–H groups in total. The van der Waals surface area contributed by atoms with Crippen molar-refractivity contribution in [3.05, 3.63) is 322 Å². The summed E-state index contributed by atoms with van der Waals surface area (Å²) in [4.78, 5) is 0. The lowest BCUT2D eigenvalue weighted by molar-refractivity contribution is -0.661. The minimum Gasteiger partial charge on any atom is -0.201 e. The van der Waals surface area contributed by atoms with Crippen molar-refractivity contribution in [2.45, 2.75) is 141 Å². The molecule has 12 aromatic rings. The van der Waals surface area contributed by atoms with E-state index in [4.69, 9.17) is 13.7 Å². The number of hydrogen-bond acceptors (Lipinski definition) is 0. The molecule has 2 atom stereocenters. The molecule has 6 nitrogen and oxygen atoms in total. The van der Waals surface area contributed by atoms with Gasteiger partial charge >= 0.3 is 0 Å². The minimum atomic E-state index is -2.37. The van der Waals surface area contributed by atoms with Crippen LogP contribution in [-0.2, 0) is 61.5 Å². The largest absolute Gasteiger partial charge is 0.215 e. The van der Waals surface area contributed by atoms with E-state index in [1.54, 1.807) is 25.3 Å². The van der Waals surface area contributed by atoms with E-state index in [1.807, 2.05) is 146 Å². The Labute approximate surface area is 611 Å². The van der Waals surface area contributed by atoms with Crippen LogP contribution in [-0.4, -0.2) is 0 Å². The average molecular weight is 1330 g/mol. The number of pyridine rings is 6. The molecule has 0 radical (unpaired) electrons. The second-order valence-corrected chi connectivity index (χ2v) is 25.9. The summed E-state index contributed by atoms with van der Waals surface area (Å²) in [5.74, 6) is -2.70. The van der Waals surface area contributed by atoms with Gasteiger partial charge in [0.15, 0.2) is 37.2 Å². The van der Waals surface area contributed by atoms with Crippen LogP contribution in [0, 0.1) is 41.5 Å². The average Bonchev–Trinajstić information content (AvgIpc) is 0.780. The number of rotatable bonds is 12. The van der Waals surface area contributed by atoms with Crippen molar-refractivity contribution in [3.63, 3.8) is 0 Å². The van der Waals surface area contributed by atoms with Gasteiger partial charge in [-0.05, 0) is 184 Å². The number of nitrogens with zero attached hydrogens (tertiary/aromatic N) is 6. The first kappa shape index (κ1) is 62.7. The standard InChI is InChI=1S/3C16H20N.3C15H18N/c1-12(2)14-10-7-11-17(4)16(14)15-9-6-5-8-13(15)3;1-12(2)14-9-10-17(4)16(11-14)15-8-6-5-7-13(15)3;1-12(2)14-9-10-16(17(4)11-14)15-8-6-5-7-13(15)3;1-4-13-9-7-11-16(3)15(13)14-10-6-5-8-12(14)2;1-4-13-9-10-16(3)15(11-13)14-8-6-5-7-12(14)2;1-4-13-9-10-15(16(3)11-13)14-8-6-5-7-12(14)2/h3*5-12H,1-4H3;3*5-11H,4H2,1-3H3/q6*+1/i;2*1D3,12D;;;4D2. The van der Waals surface area contributed by atoms with Gasteiger partial charge in [0.05, 0.1) is 0 Å². The van der Waals surface area contributed by atoms with Gasteiger partial charge in [-0.15, -0.1) is 0 Å². The summed E-state index contributed by atoms with van der Waals surface area (Å²) >= 11 is 0. The van der Waals surface area contributed by atoms with Crippen LogP contribution in [0.2, 0.25) is 0 Å². The van der Waals surface area contributed by atoms with E-state index in [2.05, 4.69) is 230 Å². The zero-order chi connectivity index (χ0) is 80.5. The van der Waals surface area contributed by atoms with Crippen molar-refractivity contribution in [2.24, 2.45) is 42.3 Å². The third-order valence-corrected chi connectivity index (χ3v) is 18.2. The molecule has 0 aliphatic heterocycles. The molecule has 0 bridgehead atoms. The second kappa shape index (κ2) is 37.3. The van der Waals surface area contributed by atoms with E-state index in [-0.39, 0.29) is 0 Å². The van der Waals surface area contributed by atoms with Gasteiger partial charge in [-0.3, -0.25) is 0 Å². The first-order valence-electron chi connectivity index (χ1n) is 39.6. The Balaban J connectivity index is 0.000000183. The van der Waals surface area contributed by atoms with Gasteiger partial charge < -0.3 is 0 Å². The second-order valence-electron chi connectivity index (χ2n) is 25.9. The maximum atomic E-state index is 8.23. The van der Waals surface area contributed by atoms with Gasteiger partial charge in [-0.2, -0.15) is 0 Å². The van der Waals surface area contributed by atoms with Crippen LogP contribution in [0.4, 0.5) is 0 Å². The molecule has 6 aromatic heterocycles. The van der Waals surface area contributed by atoms with Crippen LogP contribution in [0.15, 0.2) is 256 Å². The van der Waals surface area contributed by atoms with Crippen molar-refractivity contribution in [3.8, 4) is 67.5 Å². The third kappa shape index (κ3) is 20.6. The highest BCUT2D eigenvalue weighted by molar-refractivity contribution is 5.67. The van der Waals surface area contributed by atoms with Crippen molar-refractivity contribution in [2.75, 3.05) is 0 Å². The number of benzene rings is 6. The number of aryl methyl sites for hydroxylation is 15. The molecule has 0 aliphatic carbocycles. The van der Waals surface area contributed by atoms with Crippen LogP contribution in [0.25, 0.3) is 67.5 Å². The number of aromatic nitrogens is 6.